The maximum absolute atomic E-state index is 11.9. The summed E-state index contributed by atoms with van der Waals surface area (Å²) in [6.45, 7) is 2.68. The predicted molar refractivity (Wildman–Crippen MR) is 59.6 cm³/mol. The van der Waals surface area contributed by atoms with Crippen LogP contribution in [0.5, 0.6) is 0 Å². The largest absolute Gasteiger partial charge is 0.297 e. The molecular formula is C12H16N2O. The van der Waals surface area contributed by atoms with E-state index in [2.05, 4.69) is 4.98 Å². The number of anilines is 1. The lowest BCUT2D eigenvalue weighted by atomic mass is 10.2. The second-order valence-electron chi connectivity index (χ2n) is 3.97. The van der Waals surface area contributed by atoms with E-state index in [0.717, 1.165) is 5.82 Å². The Bertz CT molecular complexity index is 333. The monoisotopic (exact) mass is 204 g/mol. The lowest BCUT2D eigenvalue weighted by Gasteiger charge is -2.19. The van der Waals surface area contributed by atoms with Crippen molar-refractivity contribution in [1.29, 1.82) is 0 Å². The van der Waals surface area contributed by atoms with Gasteiger partial charge in [-0.1, -0.05) is 6.07 Å². The number of hydrogen-bond acceptors (Lipinski definition) is 2. The molecule has 3 heteroatoms. The number of hydrogen-bond donors (Lipinski definition) is 0. The minimum Gasteiger partial charge on any atom is -0.297 e. The predicted octanol–water partition coefficient (Wildman–Crippen LogP) is 2.23. The number of pyridine rings is 1. The van der Waals surface area contributed by atoms with Crippen molar-refractivity contribution >= 4 is 11.7 Å². The Hall–Kier alpha value is -1.38. The van der Waals surface area contributed by atoms with Gasteiger partial charge in [0, 0.05) is 19.2 Å². The molecule has 0 spiro atoms. The second kappa shape index (κ2) is 4.43. The number of carbonyl (C=O) groups excluding carboxylic acids is 1. The summed E-state index contributed by atoms with van der Waals surface area (Å²) in [6.07, 6.45) is 4.84. The highest BCUT2D eigenvalue weighted by Crippen LogP contribution is 2.33. The number of aromatic nitrogens is 1. The fourth-order valence-electron chi connectivity index (χ4n) is 1.66. The minimum atomic E-state index is 0.207. The summed E-state index contributed by atoms with van der Waals surface area (Å²) in [5.41, 5.74) is 0. The molecule has 0 unspecified atom stereocenters. The van der Waals surface area contributed by atoms with Crippen molar-refractivity contribution in [1.82, 2.24) is 4.98 Å². The summed E-state index contributed by atoms with van der Waals surface area (Å²) in [5.74, 6) is 1.61. The molecule has 1 aromatic rings. The zero-order valence-corrected chi connectivity index (χ0v) is 9.02. The molecule has 0 saturated heterocycles. The first-order valence-electron chi connectivity index (χ1n) is 5.52. The number of carbonyl (C=O) groups is 1. The zero-order chi connectivity index (χ0) is 10.7. The lowest BCUT2D eigenvalue weighted by Crippen LogP contribution is -2.31. The van der Waals surface area contributed by atoms with Gasteiger partial charge in [0.2, 0.25) is 5.91 Å². The summed E-state index contributed by atoms with van der Waals surface area (Å²) in [7, 11) is 0. The Labute approximate surface area is 90.1 Å². The Morgan fingerprint density at radius 2 is 2.33 bits per heavy atom. The van der Waals surface area contributed by atoms with Crippen LogP contribution in [-0.4, -0.2) is 17.4 Å². The molecule has 3 nitrogen and oxygen atoms in total. The Balaban J connectivity index is 2.05. The first-order chi connectivity index (χ1) is 7.31. The van der Waals surface area contributed by atoms with Crippen molar-refractivity contribution in [2.75, 3.05) is 11.4 Å². The highest BCUT2D eigenvalue weighted by atomic mass is 16.2. The molecule has 0 aromatic carbocycles. The lowest BCUT2D eigenvalue weighted by molar-refractivity contribution is -0.118. The van der Waals surface area contributed by atoms with Gasteiger partial charge in [-0.25, -0.2) is 4.98 Å². The molecule has 0 N–H and O–H groups in total. The quantitative estimate of drug-likeness (QED) is 0.753. The minimum absolute atomic E-state index is 0.207. The highest BCUT2D eigenvalue weighted by Gasteiger charge is 2.27. The van der Waals surface area contributed by atoms with Gasteiger partial charge in [0.15, 0.2) is 0 Å². The van der Waals surface area contributed by atoms with Gasteiger partial charge in [0.05, 0.1) is 0 Å². The van der Waals surface area contributed by atoms with E-state index in [1.165, 1.54) is 12.8 Å². The van der Waals surface area contributed by atoms with Crippen LogP contribution in [0.15, 0.2) is 24.4 Å². The van der Waals surface area contributed by atoms with Gasteiger partial charge in [0.1, 0.15) is 5.82 Å². The van der Waals surface area contributed by atoms with Crippen molar-refractivity contribution in [2.45, 2.75) is 26.2 Å². The molecule has 0 atom stereocenters. The molecule has 1 amide bonds. The summed E-state index contributed by atoms with van der Waals surface area (Å²) >= 11 is 0. The second-order valence-corrected chi connectivity index (χ2v) is 3.97. The maximum atomic E-state index is 11.9. The molecule has 0 aliphatic heterocycles. The van der Waals surface area contributed by atoms with E-state index in [4.69, 9.17) is 0 Å². The Morgan fingerprint density at radius 3 is 2.87 bits per heavy atom. The van der Waals surface area contributed by atoms with E-state index in [9.17, 15) is 4.79 Å². The molecule has 15 heavy (non-hydrogen) atoms. The molecule has 1 aliphatic carbocycles. The zero-order valence-electron chi connectivity index (χ0n) is 9.02. The number of nitrogens with zero attached hydrogens (tertiary/aromatic N) is 2. The van der Waals surface area contributed by atoms with Crippen molar-refractivity contribution in [3.05, 3.63) is 24.4 Å². The van der Waals surface area contributed by atoms with Crippen LogP contribution in [0.1, 0.15) is 26.2 Å². The third kappa shape index (κ3) is 2.55. The normalized spacial score (nSPS) is 15.0. The summed E-state index contributed by atoms with van der Waals surface area (Å²) in [5, 5.41) is 0. The van der Waals surface area contributed by atoms with Crippen LogP contribution in [-0.2, 0) is 4.79 Å². The van der Waals surface area contributed by atoms with Crippen LogP contribution in [0.2, 0.25) is 0 Å². The standard InChI is InChI=1S/C12H16N2O/c1-2-14(11-5-3-4-8-13-11)12(15)9-10-6-7-10/h3-5,8,10H,2,6-7,9H2,1H3. The molecule has 0 radical (unpaired) electrons. The van der Waals surface area contributed by atoms with Gasteiger partial charge in [-0.15, -0.1) is 0 Å². The van der Waals surface area contributed by atoms with E-state index in [1.54, 1.807) is 11.1 Å². The number of rotatable bonds is 4. The van der Waals surface area contributed by atoms with Crippen molar-refractivity contribution in [2.24, 2.45) is 5.92 Å². The summed E-state index contributed by atoms with van der Waals surface area (Å²) in [6, 6.07) is 5.66. The molecule has 0 bridgehead atoms. The van der Waals surface area contributed by atoms with Crippen molar-refractivity contribution < 1.29 is 4.79 Å². The SMILES string of the molecule is CCN(C(=O)CC1CC1)c1ccccn1. The first-order valence-corrected chi connectivity index (χ1v) is 5.52. The van der Waals surface area contributed by atoms with Crippen LogP contribution >= 0.6 is 0 Å². The van der Waals surface area contributed by atoms with E-state index in [1.807, 2.05) is 25.1 Å². The summed E-state index contributed by atoms with van der Waals surface area (Å²) in [4.78, 5) is 17.9. The van der Waals surface area contributed by atoms with Crippen LogP contribution in [0.4, 0.5) is 5.82 Å². The number of amides is 1. The smallest absolute Gasteiger partial charge is 0.228 e. The fraction of sp³-hybridized carbons (Fsp3) is 0.500. The van der Waals surface area contributed by atoms with Gasteiger partial charge in [-0.05, 0) is 37.8 Å². The topological polar surface area (TPSA) is 33.2 Å². The molecule has 1 fully saturated rings. The Kier molecular flexibility index (Phi) is 2.99. The molecule has 2 rings (SSSR count). The van der Waals surface area contributed by atoms with Crippen LogP contribution in [0.3, 0.4) is 0 Å². The molecule has 80 valence electrons. The van der Waals surface area contributed by atoms with Crippen LogP contribution in [0, 0.1) is 5.92 Å². The van der Waals surface area contributed by atoms with Gasteiger partial charge in [-0.2, -0.15) is 0 Å². The van der Waals surface area contributed by atoms with E-state index >= 15 is 0 Å². The molecule has 1 saturated carbocycles. The molecule has 1 heterocycles. The van der Waals surface area contributed by atoms with Gasteiger partial charge >= 0.3 is 0 Å². The van der Waals surface area contributed by atoms with E-state index in [-0.39, 0.29) is 5.91 Å². The molecule has 1 aliphatic rings. The highest BCUT2D eigenvalue weighted by molar-refractivity contribution is 5.92. The van der Waals surface area contributed by atoms with Gasteiger partial charge < -0.3 is 0 Å². The van der Waals surface area contributed by atoms with Gasteiger partial charge in [-0.3, -0.25) is 9.69 Å². The van der Waals surface area contributed by atoms with Crippen LogP contribution < -0.4 is 4.90 Å². The third-order valence-electron chi connectivity index (χ3n) is 2.70. The van der Waals surface area contributed by atoms with Crippen molar-refractivity contribution in [3.8, 4) is 0 Å². The average Bonchev–Trinajstić information content (AvgIpc) is 3.04. The third-order valence-corrected chi connectivity index (χ3v) is 2.70. The Morgan fingerprint density at radius 1 is 1.53 bits per heavy atom. The molecular weight excluding hydrogens is 188 g/mol. The van der Waals surface area contributed by atoms with E-state index < -0.39 is 0 Å². The van der Waals surface area contributed by atoms with Gasteiger partial charge in [0.25, 0.3) is 0 Å². The van der Waals surface area contributed by atoms with Crippen LogP contribution in [0.25, 0.3) is 0 Å². The fourth-order valence-corrected chi connectivity index (χ4v) is 1.66. The summed E-state index contributed by atoms with van der Waals surface area (Å²) < 4.78 is 0. The molecule has 1 aromatic heterocycles. The van der Waals surface area contributed by atoms with Crippen molar-refractivity contribution in [3.63, 3.8) is 0 Å². The average molecular weight is 204 g/mol. The maximum Gasteiger partial charge on any atom is 0.228 e. The first kappa shape index (κ1) is 10.1. The van der Waals surface area contributed by atoms with E-state index in [0.29, 0.717) is 18.9 Å².